The van der Waals surface area contributed by atoms with Crippen LogP contribution in [0, 0.1) is 6.92 Å². The number of aromatic nitrogens is 1. The van der Waals surface area contributed by atoms with Crippen LogP contribution in [0.15, 0.2) is 82.4 Å². The van der Waals surface area contributed by atoms with E-state index in [4.69, 9.17) is 4.84 Å². The number of nitrogens with zero attached hydrogens (tertiary/aromatic N) is 2. The van der Waals surface area contributed by atoms with Crippen molar-refractivity contribution in [2.75, 3.05) is 5.75 Å². The first-order valence-electron chi connectivity index (χ1n) is 14.1. The monoisotopic (exact) mass is 566 g/mol. The normalized spacial score (nSPS) is 14.9. The van der Waals surface area contributed by atoms with Crippen molar-refractivity contribution >= 4 is 45.9 Å². The molecule has 0 aliphatic heterocycles. The van der Waals surface area contributed by atoms with E-state index in [-0.39, 0.29) is 17.3 Å². The van der Waals surface area contributed by atoms with Crippen molar-refractivity contribution < 1.29 is 19.2 Å². The second kappa shape index (κ2) is 12.7. The van der Waals surface area contributed by atoms with Gasteiger partial charge in [0.05, 0.1) is 0 Å². The van der Waals surface area contributed by atoms with Crippen LogP contribution in [0.4, 0.5) is 0 Å². The lowest BCUT2D eigenvalue weighted by molar-refractivity contribution is -0.140. The third-order valence-corrected chi connectivity index (χ3v) is 8.72. The number of ketones is 2. The molecule has 1 aromatic heterocycles. The number of aryl methyl sites for hydroxylation is 2. The maximum absolute atomic E-state index is 13.7. The van der Waals surface area contributed by atoms with Crippen molar-refractivity contribution in [1.82, 2.24) is 4.57 Å². The van der Waals surface area contributed by atoms with Crippen molar-refractivity contribution in [3.05, 3.63) is 105 Å². The third kappa shape index (κ3) is 6.20. The zero-order valence-electron chi connectivity index (χ0n) is 23.7. The van der Waals surface area contributed by atoms with Gasteiger partial charge >= 0.3 is 5.97 Å². The number of oxime groups is 1. The quantitative estimate of drug-likeness (QED) is 0.114. The molecule has 5 rings (SSSR count). The SMILES string of the molecule is CCn1c2c(c3cc(C(=O)c4ccccc4C)ccc31)CC(C(=O)C(CCSC1=CC=CCC1)=NOC(C)=O)=CC2. The summed E-state index contributed by atoms with van der Waals surface area (Å²) in [5.41, 5.74) is 6.43. The van der Waals surface area contributed by atoms with Gasteiger partial charge in [-0.3, -0.25) is 9.59 Å². The highest BCUT2D eigenvalue weighted by Crippen LogP contribution is 2.34. The van der Waals surface area contributed by atoms with Gasteiger partial charge in [-0.15, -0.1) is 11.8 Å². The van der Waals surface area contributed by atoms with Gasteiger partial charge in [-0.25, -0.2) is 4.79 Å². The van der Waals surface area contributed by atoms with Crippen molar-refractivity contribution in [2.24, 2.45) is 5.16 Å². The number of thioether (sulfide) groups is 1. The smallest absolute Gasteiger partial charge is 0.331 e. The number of carbonyl (C=O) groups excluding carboxylic acids is 3. The van der Waals surface area contributed by atoms with Crippen LogP contribution in [0.2, 0.25) is 0 Å². The number of hydrogen-bond donors (Lipinski definition) is 0. The largest absolute Gasteiger partial charge is 0.344 e. The zero-order valence-corrected chi connectivity index (χ0v) is 24.6. The maximum atomic E-state index is 13.7. The topological polar surface area (TPSA) is 77.7 Å². The highest BCUT2D eigenvalue weighted by atomic mass is 32.2. The lowest BCUT2D eigenvalue weighted by Crippen LogP contribution is -2.22. The Morgan fingerprint density at radius 1 is 1.12 bits per heavy atom. The molecule has 2 aromatic carbocycles. The Morgan fingerprint density at radius 2 is 1.95 bits per heavy atom. The van der Waals surface area contributed by atoms with E-state index in [0.29, 0.717) is 41.7 Å². The number of carbonyl (C=O) groups is 3. The summed E-state index contributed by atoms with van der Waals surface area (Å²) in [6, 6.07) is 13.5. The lowest BCUT2D eigenvalue weighted by Gasteiger charge is -2.16. The summed E-state index contributed by atoms with van der Waals surface area (Å²) < 4.78 is 2.27. The Kier molecular flexibility index (Phi) is 8.84. The number of hydrogen-bond acceptors (Lipinski definition) is 6. The summed E-state index contributed by atoms with van der Waals surface area (Å²) in [7, 11) is 0. The molecule has 1 heterocycles. The average molecular weight is 567 g/mol. The molecule has 41 heavy (non-hydrogen) atoms. The van der Waals surface area contributed by atoms with E-state index in [9.17, 15) is 14.4 Å². The molecule has 0 saturated carbocycles. The number of Topliss-reactive ketones (excluding diaryl/α,β-unsaturated/α-hetero) is 1. The van der Waals surface area contributed by atoms with Crippen LogP contribution in [0.1, 0.15) is 65.9 Å². The Balaban J connectivity index is 1.42. The molecule has 0 spiro atoms. The molecule has 0 radical (unpaired) electrons. The van der Waals surface area contributed by atoms with E-state index in [1.807, 2.05) is 55.5 Å². The zero-order chi connectivity index (χ0) is 28.9. The number of rotatable bonds is 10. The summed E-state index contributed by atoms with van der Waals surface area (Å²) >= 11 is 1.71. The Labute approximate surface area is 244 Å². The van der Waals surface area contributed by atoms with Gasteiger partial charge < -0.3 is 9.40 Å². The highest BCUT2D eigenvalue weighted by Gasteiger charge is 2.27. The first-order valence-corrected chi connectivity index (χ1v) is 15.1. The molecule has 0 bridgehead atoms. The van der Waals surface area contributed by atoms with Crippen LogP contribution in [0.5, 0.6) is 0 Å². The van der Waals surface area contributed by atoms with E-state index in [1.165, 1.54) is 11.8 Å². The molecule has 0 saturated heterocycles. The molecule has 6 nitrogen and oxygen atoms in total. The number of fused-ring (bicyclic) bond motifs is 3. The fraction of sp³-hybridized carbons (Fsp3) is 0.294. The number of benzene rings is 2. The van der Waals surface area contributed by atoms with E-state index < -0.39 is 5.97 Å². The van der Waals surface area contributed by atoms with Crippen molar-refractivity contribution in [3.8, 4) is 0 Å². The van der Waals surface area contributed by atoms with E-state index >= 15 is 0 Å². The van der Waals surface area contributed by atoms with Gasteiger partial charge in [0.25, 0.3) is 0 Å². The minimum Gasteiger partial charge on any atom is -0.344 e. The second-order valence-electron chi connectivity index (χ2n) is 10.3. The van der Waals surface area contributed by atoms with Gasteiger partial charge in [-0.05, 0) is 60.9 Å². The van der Waals surface area contributed by atoms with Crippen molar-refractivity contribution in [3.63, 3.8) is 0 Å². The van der Waals surface area contributed by atoms with Gasteiger partial charge in [0, 0.05) is 71.8 Å². The molecule has 0 fully saturated rings. The fourth-order valence-corrected chi connectivity index (χ4v) is 6.53. The molecule has 3 aromatic rings. The first-order chi connectivity index (χ1) is 19.9. The van der Waals surface area contributed by atoms with Gasteiger partial charge in [0.2, 0.25) is 5.78 Å². The van der Waals surface area contributed by atoms with E-state index in [2.05, 4.69) is 34.9 Å². The fourth-order valence-electron chi connectivity index (χ4n) is 5.53. The maximum Gasteiger partial charge on any atom is 0.331 e. The van der Waals surface area contributed by atoms with Crippen LogP contribution in [0.3, 0.4) is 0 Å². The highest BCUT2D eigenvalue weighted by molar-refractivity contribution is 8.03. The summed E-state index contributed by atoms with van der Waals surface area (Å²) in [4.78, 5) is 44.9. The first kappa shape index (κ1) is 28.6. The Bertz CT molecular complexity index is 1650. The van der Waals surface area contributed by atoms with Crippen LogP contribution >= 0.6 is 11.8 Å². The van der Waals surface area contributed by atoms with Gasteiger partial charge in [0.15, 0.2) is 5.78 Å². The molecule has 210 valence electrons. The summed E-state index contributed by atoms with van der Waals surface area (Å²) in [5.74, 6) is -0.0919. The van der Waals surface area contributed by atoms with Crippen molar-refractivity contribution in [2.45, 2.75) is 59.4 Å². The Morgan fingerprint density at radius 3 is 2.68 bits per heavy atom. The molecule has 2 aliphatic rings. The van der Waals surface area contributed by atoms with Crippen LogP contribution < -0.4 is 0 Å². The molecule has 0 atom stereocenters. The molecule has 7 heteroatoms. The van der Waals surface area contributed by atoms with Gasteiger partial charge in [-0.2, -0.15) is 0 Å². The van der Waals surface area contributed by atoms with E-state index in [0.717, 1.165) is 47.1 Å². The predicted molar refractivity (Wildman–Crippen MR) is 165 cm³/mol. The van der Waals surface area contributed by atoms with E-state index in [1.54, 1.807) is 11.8 Å². The predicted octanol–water partition coefficient (Wildman–Crippen LogP) is 7.07. The second-order valence-corrected chi connectivity index (χ2v) is 11.5. The van der Waals surface area contributed by atoms with Gasteiger partial charge in [0.1, 0.15) is 5.71 Å². The molecule has 2 aliphatic carbocycles. The van der Waals surface area contributed by atoms with Crippen LogP contribution in [-0.2, 0) is 33.8 Å². The average Bonchev–Trinajstić information content (AvgIpc) is 3.31. The minimum absolute atomic E-state index is 0.0116. The van der Waals surface area contributed by atoms with Crippen LogP contribution in [-0.4, -0.2) is 33.6 Å². The van der Waals surface area contributed by atoms with Crippen molar-refractivity contribution in [1.29, 1.82) is 0 Å². The minimum atomic E-state index is -0.556. The van der Waals surface area contributed by atoms with Gasteiger partial charge in [-0.1, -0.05) is 53.7 Å². The third-order valence-electron chi connectivity index (χ3n) is 7.60. The van der Waals surface area contributed by atoms with Crippen LogP contribution in [0.25, 0.3) is 10.9 Å². The summed E-state index contributed by atoms with van der Waals surface area (Å²) in [6.45, 7) is 6.12. The molecule has 0 unspecified atom stereocenters. The lowest BCUT2D eigenvalue weighted by atomic mass is 9.89. The standard InChI is InChI=1S/C34H34N2O4S/c1-4-36-31-16-14-24(33(38)27-13-9-8-10-22(27)2)20-28(31)29-21-25(15-17-32(29)36)34(39)30(35-40-23(3)37)18-19-41-26-11-6-5-7-12-26/h5-6,8-11,13-16,20H,4,7,12,17-19,21H2,1-3H3. The molecular formula is C34H34N2O4S. The molecule has 0 N–H and O–H groups in total. The number of allylic oxidation sites excluding steroid dienone is 6. The summed E-state index contributed by atoms with van der Waals surface area (Å²) in [6.07, 6.45) is 11.7. The summed E-state index contributed by atoms with van der Waals surface area (Å²) in [5, 5.41) is 4.97. The molecule has 0 amide bonds. The molecular weight excluding hydrogens is 532 g/mol. The Hall–Kier alpha value is -3.97.